The molecule has 0 saturated carbocycles. The molecule has 2 saturated heterocycles. The van der Waals surface area contributed by atoms with Crippen molar-refractivity contribution in [2.24, 2.45) is 0 Å². The third kappa shape index (κ3) is 4.45. The molecular formula is C25H43N5O2. The summed E-state index contributed by atoms with van der Waals surface area (Å²) in [6, 6.07) is 9.56. The van der Waals surface area contributed by atoms with Gasteiger partial charge in [0.15, 0.2) is 0 Å². The highest BCUT2D eigenvalue weighted by atomic mass is 16.2. The molecule has 0 aromatic heterocycles. The van der Waals surface area contributed by atoms with Gasteiger partial charge >= 0.3 is 12.1 Å². The number of nitrogens with one attached hydrogen (secondary N) is 1. The van der Waals surface area contributed by atoms with Crippen LogP contribution in [0.5, 0.6) is 0 Å². The first kappa shape index (κ1) is 22.9. The van der Waals surface area contributed by atoms with Crippen LogP contribution < -0.4 is 5.32 Å². The van der Waals surface area contributed by atoms with Gasteiger partial charge in [-0.05, 0) is 68.2 Å². The van der Waals surface area contributed by atoms with Crippen LogP contribution in [0.25, 0.3) is 0 Å². The minimum absolute atomic E-state index is 0. The van der Waals surface area contributed by atoms with E-state index in [9.17, 15) is 9.59 Å². The number of rotatable bonds is 2. The number of nitrogens with zero attached hydrogens (tertiary/aromatic N) is 4. The number of fused-ring (bicyclic) bond motifs is 2. The zero-order valence-corrected chi connectivity index (χ0v) is 20.1. The van der Waals surface area contributed by atoms with Gasteiger partial charge in [-0.1, -0.05) is 24.3 Å². The average molecular weight is 446 g/mol. The van der Waals surface area contributed by atoms with Gasteiger partial charge in [0.1, 0.15) is 0 Å². The van der Waals surface area contributed by atoms with Gasteiger partial charge in [-0.25, -0.2) is 9.59 Å². The predicted octanol–water partition coefficient (Wildman–Crippen LogP) is 3.76. The van der Waals surface area contributed by atoms with Crippen LogP contribution in [0.3, 0.4) is 0 Å². The molecule has 0 unspecified atom stereocenters. The van der Waals surface area contributed by atoms with Crippen LogP contribution in [-0.4, -0.2) is 92.1 Å². The van der Waals surface area contributed by atoms with Gasteiger partial charge in [0.25, 0.3) is 0 Å². The molecule has 7 nitrogen and oxygen atoms in total. The molecule has 1 spiro atoms. The smallest absolute Gasteiger partial charge is 0.319 e. The lowest BCUT2D eigenvalue weighted by Gasteiger charge is -2.49. The molecule has 180 valence electrons. The predicted molar refractivity (Wildman–Crippen MR) is 131 cm³/mol. The van der Waals surface area contributed by atoms with E-state index in [2.05, 4.69) is 34.5 Å². The SMILES string of the molecule is CN(C)C(=O)N[C@@H]1CCC2(CCN(C3CCN(C(=O)N(C)C)CC3)CC2)c2ccccc21.[HH].[HH]. The standard InChI is InChI=1S/C25H39N5O2.2H2/c1-27(2)23(31)26-22-9-12-25(21-8-6-5-7-20(21)22)13-17-29(18-14-25)19-10-15-30(16-11-19)24(32)28(3)4;;/h5-8,19,22H,9-18H2,1-4H3,(H,26,31);2*1H/t22-;;/m1../s1. The molecule has 0 radical (unpaired) electrons. The van der Waals surface area contributed by atoms with E-state index < -0.39 is 0 Å². The van der Waals surface area contributed by atoms with Crippen LogP contribution in [0.2, 0.25) is 0 Å². The first-order chi connectivity index (χ1) is 15.3. The fourth-order valence-electron chi connectivity index (χ4n) is 5.96. The first-order valence-corrected chi connectivity index (χ1v) is 12.1. The Morgan fingerprint density at radius 3 is 2.22 bits per heavy atom. The molecule has 1 atom stereocenters. The second kappa shape index (κ2) is 9.30. The lowest BCUT2D eigenvalue weighted by molar-refractivity contribution is 0.0653. The maximum absolute atomic E-state index is 12.3. The minimum atomic E-state index is -0.0188. The summed E-state index contributed by atoms with van der Waals surface area (Å²) in [6.45, 7) is 3.96. The van der Waals surface area contributed by atoms with Crippen LogP contribution >= 0.6 is 0 Å². The number of amides is 4. The van der Waals surface area contributed by atoms with Crippen LogP contribution in [0.1, 0.15) is 58.5 Å². The summed E-state index contributed by atoms with van der Waals surface area (Å²) in [7, 11) is 7.25. The summed E-state index contributed by atoms with van der Waals surface area (Å²) >= 11 is 0. The Kier molecular flexibility index (Phi) is 6.65. The molecule has 32 heavy (non-hydrogen) atoms. The lowest BCUT2D eigenvalue weighted by atomic mass is 9.63. The summed E-state index contributed by atoms with van der Waals surface area (Å²) in [5, 5.41) is 3.22. The second-order valence-electron chi connectivity index (χ2n) is 10.2. The van der Waals surface area contributed by atoms with Crippen molar-refractivity contribution in [3.8, 4) is 0 Å². The highest BCUT2D eigenvalue weighted by Gasteiger charge is 2.43. The van der Waals surface area contributed by atoms with Crippen molar-refractivity contribution in [1.29, 1.82) is 0 Å². The van der Waals surface area contributed by atoms with E-state index in [4.69, 9.17) is 0 Å². The van der Waals surface area contributed by atoms with Crippen molar-refractivity contribution in [2.45, 2.75) is 56.0 Å². The zero-order chi connectivity index (χ0) is 22.9. The fourth-order valence-corrected chi connectivity index (χ4v) is 5.96. The van der Waals surface area contributed by atoms with E-state index in [1.165, 1.54) is 24.0 Å². The van der Waals surface area contributed by atoms with E-state index >= 15 is 0 Å². The Morgan fingerprint density at radius 2 is 1.59 bits per heavy atom. The molecule has 7 heteroatoms. The van der Waals surface area contributed by atoms with E-state index in [1.807, 2.05) is 19.0 Å². The van der Waals surface area contributed by atoms with Gasteiger partial charge < -0.3 is 24.9 Å². The number of hydrogen-bond donors (Lipinski definition) is 1. The van der Waals surface area contributed by atoms with Crippen molar-refractivity contribution in [1.82, 2.24) is 24.9 Å². The Morgan fingerprint density at radius 1 is 0.938 bits per heavy atom. The summed E-state index contributed by atoms with van der Waals surface area (Å²) < 4.78 is 0. The topological polar surface area (TPSA) is 59.1 Å². The van der Waals surface area contributed by atoms with Crippen LogP contribution in [0.15, 0.2) is 24.3 Å². The van der Waals surface area contributed by atoms with Gasteiger partial charge in [0.05, 0.1) is 6.04 Å². The Balaban J connectivity index is 0.00000204. The highest BCUT2D eigenvalue weighted by Crippen LogP contribution is 2.48. The maximum atomic E-state index is 12.3. The maximum Gasteiger partial charge on any atom is 0.319 e. The molecule has 1 N–H and O–H groups in total. The molecule has 2 aliphatic heterocycles. The molecular weight excluding hydrogens is 402 g/mol. The van der Waals surface area contributed by atoms with Gasteiger partial charge in [0, 0.05) is 50.2 Å². The Labute approximate surface area is 195 Å². The number of carbonyl (C=O) groups excluding carboxylic acids is 2. The van der Waals surface area contributed by atoms with Gasteiger partial charge in [0.2, 0.25) is 0 Å². The number of likely N-dealkylation sites (tertiary alicyclic amines) is 2. The van der Waals surface area contributed by atoms with Crippen molar-refractivity contribution in [3.63, 3.8) is 0 Å². The van der Waals surface area contributed by atoms with E-state index in [1.54, 1.807) is 23.9 Å². The zero-order valence-electron chi connectivity index (χ0n) is 20.1. The fraction of sp³-hybridized carbons (Fsp3) is 0.680. The Bertz CT molecular complexity index is 834. The summed E-state index contributed by atoms with van der Waals surface area (Å²) in [5.74, 6) is 0. The minimum Gasteiger partial charge on any atom is -0.331 e. The molecule has 1 aromatic carbocycles. The molecule has 1 aliphatic carbocycles. The average Bonchev–Trinajstić information content (AvgIpc) is 2.81. The second-order valence-corrected chi connectivity index (χ2v) is 10.2. The molecule has 2 heterocycles. The Hall–Kier alpha value is -2.28. The van der Waals surface area contributed by atoms with Crippen LogP contribution in [0.4, 0.5) is 9.59 Å². The van der Waals surface area contributed by atoms with E-state index in [0.717, 1.165) is 51.9 Å². The lowest BCUT2D eigenvalue weighted by Crippen LogP contribution is -2.53. The van der Waals surface area contributed by atoms with Gasteiger partial charge in [-0.2, -0.15) is 0 Å². The van der Waals surface area contributed by atoms with Crippen molar-refractivity contribution < 1.29 is 12.4 Å². The highest BCUT2D eigenvalue weighted by molar-refractivity contribution is 5.74. The quantitative estimate of drug-likeness (QED) is 0.754. The van der Waals surface area contributed by atoms with Crippen LogP contribution in [-0.2, 0) is 5.41 Å². The number of carbonyl (C=O) groups is 2. The van der Waals surface area contributed by atoms with E-state index in [0.29, 0.717) is 6.04 Å². The molecule has 2 fully saturated rings. The largest absolute Gasteiger partial charge is 0.331 e. The number of urea groups is 2. The van der Waals surface area contributed by atoms with Gasteiger partial charge in [-0.3, -0.25) is 0 Å². The van der Waals surface area contributed by atoms with E-state index in [-0.39, 0.29) is 26.4 Å². The number of piperidine rings is 2. The summed E-state index contributed by atoms with van der Waals surface area (Å²) in [6.07, 6.45) is 6.63. The van der Waals surface area contributed by atoms with Crippen molar-refractivity contribution in [2.75, 3.05) is 54.4 Å². The first-order valence-electron chi connectivity index (χ1n) is 12.1. The van der Waals surface area contributed by atoms with Crippen molar-refractivity contribution >= 4 is 12.1 Å². The summed E-state index contributed by atoms with van der Waals surface area (Å²) in [4.78, 5) is 32.5. The molecule has 3 aliphatic rings. The normalized spacial score (nSPS) is 23.5. The molecule has 4 rings (SSSR count). The van der Waals surface area contributed by atoms with Crippen molar-refractivity contribution in [3.05, 3.63) is 35.4 Å². The molecule has 4 amide bonds. The van der Waals surface area contributed by atoms with Crippen LogP contribution in [0, 0.1) is 0 Å². The van der Waals surface area contributed by atoms with Gasteiger partial charge in [-0.15, -0.1) is 0 Å². The third-order valence-electron chi connectivity index (χ3n) is 7.91. The number of benzene rings is 1. The molecule has 1 aromatic rings. The third-order valence-corrected chi connectivity index (χ3v) is 7.91. The molecule has 0 bridgehead atoms. The number of hydrogen-bond acceptors (Lipinski definition) is 3. The summed E-state index contributed by atoms with van der Waals surface area (Å²) in [5.41, 5.74) is 2.98. The monoisotopic (exact) mass is 445 g/mol.